The summed E-state index contributed by atoms with van der Waals surface area (Å²) in [4.78, 5) is 17.8. The van der Waals surface area contributed by atoms with Crippen LogP contribution in [0.3, 0.4) is 0 Å². The second-order valence-electron chi connectivity index (χ2n) is 17.8. The first-order valence-corrected chi connectivity index (χ1v) is 25.8. The zero-order valence-electron chi connectivity index (χ0n) is 36.7. The molecule has 0 bridgehead atoms. The molecule has 4 aromatic carbocycles. The highest BCUT2D eigenvalue weighted by molar-refractivity contribution is 8.00. The molecule has 0 saturated carbocycles. The minimum atomic E-state index is -6.09. The third-order valence-corrected chi connectivity index (χ3v) is 16.6. The van der Waals surface area contributed by atoms with Gasteiger partial charge in [0.05, 0.1) is 28.7 Å². The minimum absolute atomic E-state index is 0.00654. The molecule has 1 amide bonds. The number of thioether (sulfide) groups is 1. The Kier molecular flexibility index (Phi) is 15.0. The zero-order valence-corrected chi connectivity index (χ0v) is 39.9. The van der Waals surface area contributed by atoms with Crippen molar-refractivity contribution in [3.63, 3.8) is 0 Å². The van der Waals surface area contributed by atoms with Crippen LogP contribution in [0.15, 0.2) is 117 Å². The maximum absolute atomic E-state index is 14.2. The van der Waals surface area contributed by atoms with Crippen LogP contribution in [0.4, 0.5) is 24.5 Å². The second-order valence-corrected chi connectivity index (χ2v) is 23.4. The third-order valence-electron chi connectivity index (χ3n) is 12.2. The fourth-order valence-electron chi connectivity index (χ4n) is 8.55. The lowest BCUT2D eigenvalue weighted by molar-refractivity contribution is -0.0435. The summed E-state index contributed by atoms with van der Waals surface area (Å²) >= 11 is 7.49. The lowest BCUT2D eigenvalue weighted by atomic mass is 9.73. The van der Waals surface area contributed by atoms with Gasteiger partial charge in [0.2, 0.25) is 0 Å². The van der Waals surface area contributed by atoms with Gasteiger partial charge in [-0.15, -0.1) is 0 Å². The van der Waals surface area contributed by atoms with E-state index in [1.54, 1.807) is 19.1 Å². The highest BCUT2D eigenvalue weighted by Gasteiger charge is 2.49. The summed E-state index contributed by atoms with van der Waals surface area (Å²) in [5, 5.41) is 3.75. The molecule has 2 aliphatic heterocycles. The number of nitrogens with zero attached hydrogens (tertiary/aromatic N) is 3. The highest BCUT2D eigenvalue weighted by Crippen LogP contribution is 2.44. The summed E-state index contributed by atoms with van der Waals surface area (Å²) < 4.78 is 104. The number of hydrogen-bond donors (Lipinski definition) is 2. The van der Waals surface area contributed by atoms with E-state index in [4.69, 9.17) is 16.3 Å². The normalized spacial score (nSPS) is 18.8. The van der Waals surface area contributed by atoms with Gasteiger partial charge in [0.1, 0.15) is 4.90 Å². The number of ether oxygens (including phenoxy) is 1. The smallest absolute Gasteiger partial charge is 0.379 e. The number of anilines is 2. The largest absolute Gasteiger partial charge is 0.501 e. The number of allylic oxidation sites excluding steroid dienone is 1. The summed E-state index contributed by atoms with van der Waals surface area (Å²) in [6.07, 6.45) is 3.52. The van der Waals surface area contributed by atoms with Crippen molar-refractivity contribution in [3.8, 4) is 0 Å². The van der Waals surface area contributed by atoms with Crippen LogP contribution < -0.4 is 14.9 Å². The topological polar surface area (TPSA) is 128 Å². The van der Waals surface area contributed by atoms with Crippen LogP contribution in [0, 0.1) is 5.41 Å². The summed E-state index contributed by atoms with van der Waals surface area (Å²) in [5.74, 6) is -1.03. The molecule has 65 heavy (non-hydrogen) atoms. The van der Waals surface area contributed by atoms with Crippen molar-refractivity contribution < 1.29 is 39.5 Å². The second kappa shape index (κ2) is 20.0. The maximum Gasteiger partial charge on any atom is 0.501 e. The molecule has 4 aromatic rings. The first kappa shape index (κ1) is 48.8. The molecule has 0 spiro atoms. The predicted molar refractivity (Wildman–Crippen MR) is 252 cm³/mol. The fourth-order valence-corrected chi connectivity index (χ4v) is 11.9. The average molecular weight is 975 g/mol. The van der Waals surface area contributed by atoms with Crippen LogP contribution >= 0.6 is 23.4 Å². The molecule has 3 aliphatic rings. The van der Waals surface area contributed by atoms with Gasteiger partial charge in [-0.1, -0.05) is 73.1 Å². The van der Waals surface area contributed by atoms with Crippen LogP contribution in [0.1, 0.15) is 62.4 Å². The van der Waals surface area contributed by atoms with Crippen molar-refractivity contribution in [2.24, 2.45) is 5.41 Å². The molecule has 2 fully saturated rings. The predicted octanol–water partition coefficient (Wildman–Crippen LogP) is 9.18. The van der Waals surface area contributed by atoms with Crippen LogP contribution in [-0.4, -0.2) is 108 Å². The molecule has 18 heteroatoms. The number of sulfonamides is 1. The average Bonchev–Trinajstić information content (AvgIpc) is 3.26. The lowest BCUT2D eigenvalue weighted by Gasteiger charge is -2.39. The molecule has 11 nitrogen and oxygen atoms in total. The summed E-state index contributed by atoms with van der Waals surface area (Å²) in [6, 6.07) is 26.0. The summed E-state index contributed by atoms with van der Waals surface area (Å²) in [5.41, 5.74) is -1.08. The molecule has 350 valence electrons. The Balaban J connectivity index is 1.04. The van der Waals surface area contributed by atoms with Gasteiger partial charge in [-0.3, -0.25) is 14.6 Å². The van der Waals surface area contributed by atoms with Crippen molar-refractivity contribution in [1.82, 2.24) is 14.5 Å². The lowest BCUT2D eigenvalue weighted by Crippen LogP contribution is -2.47. The van der Waals surface area contributed by atoms with E-state index in [9.17, 15) is 34.8 Å². The number of morpholine rings is 1. The molecule has 0 aromatic heterocycles. The molecule has 1 atom stereocenters. The Hall–Kier alpha value is -4.10. The Morgan fingerprint density at radius 1 is 0.846 bits per heavy atom. The molecular formula is C47H55ClF3N5O6S3. The number of hydrogen-bond acceptors (Lipinski definition) is 11. The van der Waals surface area contributed by atoms with E-state index in [1.165, 1.54) is 40.6 Å². The van der Waals surface area contributed by atoms with E-state index in [1.807, 2.05) is 47.2 Å². The number of carbonyl (C=O) groups is 1. The van der Waals surface area contributed by atoms with Crippen LogP contribution in [-0.2, 0) is 24.6 Å². The number of amides is 1. The van der Waals surface area contributed by atoms with Crippen molar-refractivity contribution in [2.75, 3.05) is 75.8 Å². The van der Waals surface area contributed by atoms with Crippen molar-refractivity contribution in [2.45, 2.75) is 71.5 Å². The Bertz CT molecular complexity index is 2570. The number of alkyl halides is 3. The van der Waals surface area contributed by atoms with E-state index in [0.29, 0.717) is 50.4 Å². The van der Waals surface area contributed by atoms with Crippen LogP contribution in [0.2, 0.25) is 5.02 Å². The molecule has 2 saturated heterocycles. The first-order chi connectivity index (χ1) is 30.7. The number of carbonyl (C=O) groups excluding carboxylic acids is 1. The minimum Gasteiger partial charge on any atom is -0.379 e. The van der Waals surface area contributed by atoms with E-state index in [0.717, 1.165) is 74.7 Å². The van der Waals surface area contributed by atoms with Gasteiger partial charge in [0.15, 0.2) is 0 Å². The van der Waals surface area contributed by atoms with E-state index in [-0.39, 0.29) is 11.0 Å². The van der Waals surface area contributed by atoms with Gasteiger partial charge in [-0.05, 0) is 116 Å². The Morgan fingerprint density at radius 2 is 1.51 bits per heavy atom. The standard InChI is InChI=1S/C47H55ClF3N5O6S3/c1-45(2)20-19-41(34-9-13-37(48)14-10-34)36(32-45)33-55-23-25-56(26-24-55)38-15-11-35(12-16-38)44(57)53-65(60,61)40-17-18-42(43(31-40)64(58,59)47(49,50)51)52-46(3,63-39-7-5-4-6-8-39)21-22-54-27-29-62-30-28-54/h4-18,31,52H,19-30,32-33H2,1-3H3,(H,53,57)/t46-/m1/s1. The number of benzene rings is 4. The molecule has 2 N–H and O–H groups in total. The van der Waals surface area contributed by atoms with Gasteiger partial charge in [0.25, 0.3) is 25.8 Å². The van der Waals surface area contributed by atoms with Crippen LogP contribution in [0.25, 0.3) is 5.57 Å². The van der Waals surface area contributed by atoms with E-state index < -0.39 is 51.6 Å². The third kappa shape index (κ3) is 12.3. The molecule has 0 radical (unpaired) electrons. The number of piperazine rings is 1. The van der Waals surface area contributed by atoms with E-state index >= 15 is 0 Å². The molecule has 0 unspecified atom stereocenters. The summed E-state index contributed by atoms with van der Waals surface area (Å²) in [7, 11) is -10.9. The number of sulfone groups is 1. The van der Waals surface area contributed by atoms with Crippen molar-refractivity contribution in [3.05, 3.63) is 119 Å². The molecule has 7 rings (SSSR count). The Morgan fingerprint density at radius 3 is 2.15 bits per heavy atom. The van der Waals surface area contributed by atoms with Gasteiger partial charge in [0, 0.05) is 73.5 Å². The highest BCUT2D eigenvalue weighted by atomic mass is 35.5. The SMILES string of the molecule is CC1(C)CCC(c2ccc(Cl)cc2)=C(CN2CCN(c3ccc(C(=O)NS(=O)(=O)c4ccc(N[C@@](C)(CCN5CCOCC5)Sc5ccccc5)c(S(=O)(=O)C(F)(F)F)c4)cc3)CC2)C1. The molecule has 1 aliphatic carbocycles. The maximum atomic E-state index is 14.2. The fraction of sp³-hybridized carbons (Fsp3) is 0.426. The van der Waals surface area contributed by atoms with Crippen molar-refractivity contribution in [1.29, 1.82) is 0 Å². The van der Waals surface area contributed by atoms with Gasteiger partial charge in [-0.25, -0.2) is 21.6 Å². The quantitative estimate of drug-likeness (QED) is 0.0875. The van der Waals surface area contributed by atoms with E-state index in [2.05, 4.69) is 46.0 Å². The number of rotatable bonds is 15. The number of nitrogens with one attached hydrogen (secondary N) is 2. The Labute approximate surface area is 389 Å². The summed E-state index contributed by atoms with van der Waals surface area (Å²) in [6.45, 7) is 13.3. The van der Waals surface area contributed by atoms with Crippen LogP contribution in [0.5, 0.6) is 0 Å². The number of halogens is 4. The molecule has 2 heterocycles. The first-order valence-electron chi connectivity index (χ1n) is 21.6. The monoisotopic (exact) mass is 973 g/mol. The van der Waals surface area contributed by atoms with Gasteiger partial charge < -0.3 is 15.0 Å². The van der Waals surface area contributed by atoms with Crippen molar-refractivity contribution >= 4 is 66.1 Å². The molecular weight excluding hydrogens is 919 g/mol. The van der Waals surface area contributed by atoms with Gasteiger partial charge in [-0.2, -0.15) is 13.2 Å². The van der Waals surface area contributed by atoms with Gasteiger partial charge >= 0.3 is 5.51 Å². The zero-order chi connectivity index (χ0) is 46.6.